The molecule has 0 aliphatic rings. The van der Waals surface area contributed by atoms with Crippen LogP contribution in [0.5, 0.6) is 0 Å². The molecule has 0 unspecified atom stereocenters. The molecule has 0 saturated carbocycles. The van der Waals surface area contributed by atoms with Crippen LogP contribution < -0.4 is 6.15 Å². The van der Waals surface area contributed by atoms with Gasteiger partial charge in [0.05, 0.1) is 10.6 Å². The minimum atomic E-state index is -3.01. The molecule has 1 aromatic rings. The molecular formula is C9H15NO2S. The smallest absolute Gasteiger partial charge is 0.178 e. The summed E-state index contributed by atoms with van der Waals surface area (Å²) in [5.41, 5.74) is 0. The van der Waals surface area contributed by atoms with Crippen LogP contribution in [0.3, 0.4) is 0 Å². The quantitative estimate of drug-likeness (QED) is 0.813. The highest BCUT2D eigenvalue weighted by Gasteiger charge is 2.10. The number of hydrogen-bond donors (Lipinski definition) is 1. The van der Waals surface area contributed by atoms with Crippen LogP contribution in [-0.4, -0.2) is 14.2 Å². The van der Waals surface area contributed by atoms with Crippen molar-refractivity contribution in [2.45, 2.75) is 18.2 Å². The molecular weight excluding hydrogens is 186 g/mol. The monoisotopic (exact) mass is 201 g/mol. The lowest BCUT2D eigenvalue weighted by Gasteiger charge is -2.00. The highest BCUT2D eigenvalue weighted by atomic mass is 32.2. The third kappa shape index (κ3) is 3.16. The molecule has 3 N–H and O–H groups in total. The van der Waals surface area contributed by atoms with Crippen LogP contribution >= 0.6 is 0 Å². The van der Waals surface area contributed by atoms with E-state index in [1.807, 2.05) is 13.0 Å². The topological polar surface area (TPSA) is 69.1 Å². The fourth-order valence-corrected chi connectivity index (χ4v) is 2.36. The first-order valence-corrected chi connectivity index (χ1v) is 5.60. The van der Waals surface area contributed by atoms with Crippen LogP contribution in [-0.2, 0) is 9.84 Å². The van der Waals surface area contributed by atoms with Gasteiger partial charge in [0, 0.05) is 0 Å². The first-order chi connectivity index (χ1) is 5.67. The van der Waals surface area contributed by atoms with Crippen molar-refractivity contribution in [2.24, 2.45) is 0 Å². The van der Waals surface area contributed by atoms with Crippen molar-refractivity contribution in [1.82, 2.24) is 6.15 Å². The van der Waals surface area contributed by atoms with Crippen LogP contribution in [0.1, 0.15) is 13.3 Å². The summed E-state index contributed by atoms with van der Waals surface area (Å²) in [6.45, 7) is 1.86. The first-order valence-electron chi connectivity index (χ1n) is 3.94. The van der Waals surface area contributed by atoms with E-state index >= 15 is 0 Å². The Labute approximate surface area is 79.3 Å². The van der Waals surface area contributed by atoms with Crippen molar-refractivity contribution >= 4 is 9.84 Å². The van der Waals surface area contributed by atoms with Gasteiger partial charge >= 0.3 is 0 Å². The SMILES string of the molecule is CCCS(=O)(=O)c1ccccc1.N. The van der Waals surface area contributed by atoms with Crippen molar-refractivity contribution in [3.05, 3.63) is 30.3 Å². The van der Waals surface area contributed by atoms with E-state index in [1.54, 1.807) is 24.3 Å². The molecule has 0 spiro atoms. The molecule has 0 fully saturated rings. The number of hydrogen-bond acceptors (Lipinski definition) is 3. The fourth-order valence-electron chi connectivity index (χ4n) is 1.01. The highest BCUT2D eigenvalue weighted by Crippen LogP contribution is 2.10. The third-order valence-corrected chi connectivity index (χ3v) is 3.51. The molecule has 0 heterocycles. The summed E-state index contributed by atoms with van der Waals surface area (Å²) in [5, 5.41) is 0. The zero-order valence-electron chi connectivity index (χ0n) is 7.73. The molecule has 0 atom stereocenters. The van der Waals surface area contributed by atoms with Gasteiger partial charge in [0.15, 0.2) is 9.84 Å². The lowest BCUT2D eigenvalue weighted by molar-refractivity contribution is 0.594. The summed E-state index contributed by atoms with van der Waals surface area (Å²) >= 11 is 0. The highest BCUT2D eigenvalue weighted by molar-refractivity contribution is 7.91. The second-order valence-corrected chi connectivity index (χ2v) is 4.74. The third-order valence-electron chi connectivity index (χ3n) is 1.58. The van der Waals surface area contributed by atoms with Gasteiger partial charge in [-0.2, -0.15) is 0 Å². The molecule has 13 heavy (non-hydrogen) atoms. The summed E-state index contributed by atoms with van der Waals surface area (Å²) in [6, 6.07) is 8.55. The Hall–Kier alpha value is -0.870. The minimum absolute atomic E-state index is 0. The number of sulfone groups is 1. The maximum atomic E-state index is 11.4. The van der Waals surface area contributed by atoms with E-state index in [2.05, 4.69) is 0 Å². The average molecular weight is 201 g/mol. The van der Waals surface area contributed by atoms with Crippen LogP contribution in [0.2, 0.25) is 0 Å². The van der Waals surface area contributed by atoms with E-state index in [9.17, 15) is 8.42 Å². The molecule has 0 radical (unpaired) electrons. The molecule has 0 bridgehead atoms. The number of rotatable bonds is 3. The summed E-state index contributed by atoms with van der Waals surface area (Å²) in [4.78, 5) is 0.423. The summed E-state index contributed by atoms with van der Waals surface area (Å²) < 4.78 is 22.9. The summed E-state index contributed by atoms with van der Waals surface area (Å²) in [7, 11) is -3.01. The van der Waals surface area contributed by atoms with Crippen LogP contribution in [0.25, 0.3) is 0 Å². The van der Waals surface area contributed by atoms with Crippen molar-refractivity contribution in [3.8, 4) is 0 Å². The standard InChI is InChI=1S/C9H12O2S.H3N/c1-2-8-12(10,11)9-6-4-3-5-7-9;/h3-7H,2,8H2,1H3;1H3. The van der Waals surface area contributed by atoms with E-state index in [-0.39, 0.29) is 11.9 Å². The van der Waals surface area contributed by atoms with Gasteiger partial charge < -0.3 is 6.15 Å². The molecule has 3 nitrogen and oxygen atoms in total. The summed E-state index contributed by atoms with van der Waals surface area (Å²) in [6.07, 6.45) is 0.664. The fraction of sp³-hybridized carbons (Fsp3) is 0.333. The van der Waals surface area contributed by atoms with Crippen molar-refractivity contribution < 1.29 is 8.42 Å². The Morgan fingerprint density at radius 1 is 1.15 bits per heavy atom. The maximum Gasteiger partial charge on any atom is 0.178 e. The molecule has 74 valence electrons. The van der Waals surface area contributed by atoms with Crippen molar-refractivity contribution in [3.63, 3.8) is 0 Å². The van der Waals surface area contributed by atoms with Gasteiger partial charge in [0.2, 0.25) is 0 Å². The van der Waals surface area contributed by atoms with Gasteiger partial charge in [-0.3, -0.25) is 0 Å². The normalized spacial score (nSPS) is 10.5. The van der Waals surface area contributed by atoms with Crippen molar-refractivity contribution in [1.29, 1.82) is 0 Å². The minimum Gasteiger partial charge on any atom is -0.344 e. The van der Waals surface area contributed by atoms with Gasteiger partial charge in [-0.25, -0.2) is 8.42 Å². The van der Waals surface area contributed by atoms with Crippen LogP contribution in [0.15, 0.2) is 35.2 Å². The zero-order chi connectivity index (χ0) is 9.03. The molecule has 1 aromatic carbocycles. The molecule has 0 saturated heterocycles. The Morgan fingerprint density at radius 3 is 2.15 bits per heavy atom. The maximum absolute atomic E-state index is 11.4. The van der Waals surface area contributed by atoms with E-state index in [0.29, 0.717) is 11.3 Å². The second-order valence-electron chi connectivity index (χ2n) is 2.63. The van der Waals surface area contributed by atoms with Crippen LogP contribution in [0, 0.1) is 0 Å². The lowest BCUT2D eigenvalue weighted by Crippen LogP contribution is -2.05. The zero-order valence-corrected chi connectivity index (χ0v) is 8.55. The predicted molar refractivity (Wildman–Crippen MR) is 53.8 cm³/mol. The van der Waals surface area contributed by atoms with Gasteiger partial charge in [-0.1, -0.05) is 25.1 Å². The lowest BCUT2D eigenvalue weighted by atomic mass is 10.4. The van der Waals surface area contributed by atoms with Gasteiger partial charge in [0.1, 0.15) is 0 Å². The Balaban J connectivity index is 0.00000144. The Bertz CT molecular complexity index is 332. The molecule has 0 aliphatic carbocycles. The van der Waals surface area contributed by atoms with E-state index in [4.69, 9.17) is 0 Å². The largest absolute Gasteiger partial charge is 0.344 e. The Kier molecular flexibility index (Phi) is 4.66. The van der Waals surface area contributed by atoms with Crippen molar-refractivity contribution in [2.75, 3.05) is 5.75 Å². The van der Waals surface area contributed by atoms with E-state index < -0.39 is 9.84 Å². The van der Waals surface area contributed by atoms with E-state index in [1.165, 1.54) is 0 Å². The molecule has 0 aliphatic heterocycles. The second kappa shape index (κ2) is 4.99. The van der Waals surface area contributed by atoms with Gasteiger partial charge in [0.25, 0.3) is 0 Å². The van der Waals surface area contributed by atoms with Crippen LogP contribution in [0.4, 0.5) is 0 Å². The first kappa shape index (κ1) is 12.1. The van der Waals surface area contributed by atoms with Gasteiger partial charge in [-0.15, -0.1) is 0 Å². The molecule has 1 rings (SSSR count). The average Bonchev–Trinajstić information content (AvgIpc) is 2.06. The predicted octanol–water partition coefficient (Wildman–Crippen LogP) is 2.03. The molecule has 4 heteroatoms. The molecule has 0 aromatic heterocycles. The summed E-state index contributed by atoms with van der Waals surface area (Å²) in [5.74, 6) is 0.233. The number of benzene rings is 1. The van der Waals surface area contributed by atoms with E-state index in [0.717, 1.165) is 0 Å². The molecule has 0 amide bonds. The Morgan fingerprint density at radius 2 is 1.69 bits per heavy atom. The van der Waals surface area contributed by atoms with Gasteiger partial charge in [-0.05, 0) is 18.6 Å².